The summed E-state index contributed by atoms with van der Waals surface area (Å²) in [5.74, 6) is 0. The molecule has 0 saturated heterocycles. The van der Waals surface area contributed by atoms with Gasteiger partial charge in [0.15, 0.2) is 0 Å². The van der Waals surface area contributed by atoms with E-state index in [-0.39, 0.29) is 0 Å². The van der Waals surface area contributed by atoms with Crippen LogP contribution in [0.4, 0.5) is 0 Å². The fourth-order valence-corrected chi connectivity index (χ4v) is 3.23. The fraction of sp³-hybridized carbons (Fsp3) is 1.00. The third kappa shape index (κ3) is 5.26. The standard InChI is InChI=1S/C12H24OS/c1-3-4-10-13-11(2)14-12-8-6-5-7-9-12/h11-12H,3-10H2,1-2H3. The summed E-state index contributed by atoms with van der Waals surface area (Å²) in [6.07, 6.45) is 9.56. The number of hydrogen-bond acceptors (Lipinski definition) is 2. The second-order valence-electron chi connectivity index (χ2n) is 4.19. The van der Waals surface area contributed by atoms with Crippen molar-refractivity contribution in [3.8, 4) is 0 Å². The normalized spacial score (nSPS) is 21.0. The minimum Gasteiger partial charge on any atom is -0.368 e. The molecule has 1 nitrogen and oxygen atoms in total. The van der Waals surface area contributed by atoms with E-state index in [0.717, 1.165) is 11.9 Å². The van der Waals surface area contributed by atoms with E-state index in [0.29, 0.717) is 5.44 Å². The van der Waals surface area contributed by atoms with Crippen LogP contribution < -0.4 is 0 Å². The molecule has 2 heteroatoms. The fourth-order valence-electron chi connectivity index (χ4n) is 1.91. The van der Waals surface area contributed by atoms with Crippen molar-refractivity contribution < 1.29 is 4.74 Å². The first-order valence-electron chi connectivity index (χ1n) is 6.10. The Morgan fingerprint density at radius 1 is 1.29 bits per heavy atom. The van der Waals surface area contributed by atoms with Gasteiger partial charge in [-0.2, -0.15) is 0 Å². The second kappa shape index (κ2) is 7.58. The summed E-state index contributed by atoms with van der Waals surface area (Å²) >= 11 is 2.05. The van der Waals surface area contributed by atoms with Gasteiger partial charge in [-0.15, -0.1) is 11.8 Å². The average molecular weight is 216 g/mol. The van der Waals surface area contributed by atoms with Crippen molar-refractivity contribution in [2.24, 2.45) is 0 Å². The van der Waals surface area contributed by atoms with E-state index in [9.17, 15) is 0 Å². The Hall–Kier alpha value is 0.310. The monoisotopic (exact) mass is 216 g/mol. The van der Waals surface area contributed by atoms with Crippen molar-refractivity contribution in [2.45, 2.75) is 69.5 Å². The highest BCUT2D eigenvalue weighted by molar-refractivity contribution is 8.00. The summed E-state index contributed by atoms with van der Waals surface area (Å²) in [7, 11) is 0. The first kappa shape index (κ1) is 12.4. The molecule has 0 spiro atoms. The quantitative estimate of drug-likeness (QED) is 0.486. The zero-order valence-corrected chi connectivity index (χ0v) is 10.4. The molecule has 1 aliphatic rings. The van der Waals surface area contributed by atoms with Crippen LogP contribution in [-0.2, 0) is 4.74 Å². The number of unbranched alkanes of at least 4 members (excludes halogenated alkanes) is 1. The number of hydrogen-bond donors (Lipinski definition) is 0. The molecule has 1 unspecified atom stereocenters. The van der Waals surface area contributed by atoms with Crippen LogP contribution in [0.15, 0.2) is 0 Å². The van der Waals surface area contributed by atoms with E-state index in [2.05, 4.69) is 13.8 Å². The summed E-state index contributed by atoms with van der Waals surface area (Å²) in [5.41, 5.74) is 0.407. The maximum absolute atomic E-state index is 5.75. The zero-order chi connectivity index (χ0) is 10.2. The van der Waals surface area contributed by atoms with Gasteiger partial charge in [-0.25, -0.2) is 0 Å². The van der Waals surface area contributed by atoms with Crippen LogP contribution in [0.5, 0.6) is 0 Å². The first-order chi connectivity index (χ1) is 6.83. The van der Waals surface area contributed by atoms with Crippen LogP contribution in [0.2, 0.25) is 0 Å². The predicted molar refractivity (Wildman–Crippen MR) is 64.8 cm³/mol. The van der Waals surface area contributed by atoms with Gasteiger partial charge in [0.1, 0.15) is 5.44 Å². The highest BCUT2D eigenvalue weighted by Crippen LogP contribution is 2.31. The number of thioether (sulfide) groups is 1. The van der Waals surface area contributed by atoms with Gasteiger partial charge in [0.05, 0.1) is 0 Å². The Kier molecular flexibility index (Phi) is 6.70. The molecule has 0 aliphatic heterocycles. The molecule has 0 amide bonds. The summed E-state index contributed by atoms with van der Waals surface area (Å²) in [6.45, 7) is 5.36. The predicted octanol–water partition coefficient (Wildman–Crippen LogP) is 4.22. The molecule has 0 aromatic heterocycles. The molecule has 0 aromatic carbocycles. The van der Waals surface area contributed by atoms with Crippen LogP contribution in [0, 0.1) is 0 Å². The Bertz CT molecular complexity index is 132. The lowest BCUT2D eigenvalue weighted by Gasteiger charge is -2.24. The van der Waals surface area contributed by atoms with Gasteiger partial charge < -0.3 is 4.74 Å². The minimum absolute atomic E-state index is 0.407. The van der Waals surface area contributed by atoms with Crippen LogP contribution in [-0.4, -0.2) is 17.3 Å². The summed E-state index contributed by atoms with van der Waals surface area (Å²) in [6, 6.07) is 0. The summed E-state index contributed by atoms with van der Waals surface area (Å²) < 4.78 is 5.75. The third-order valence-corrected chi connectivity index (χ3v) is 4.16. The molecular formula is C12H24OS. The largest absolute Gasteiger partial charge is 0.368 e. The highest BCUT2D eigenvalue weighted by Gasteiger charge is 2.16. The average Bonchev–Trinajstić information content (AvgIpc) is 2.20. The van der Waals surface area contributed by atoms with Gasteiger partial charge in [-0.05, 0) is 26.2 Å². The van der Waals surface area contributed by atoms with Crippen molar-refractivity contribution in [3.63, 3.8) is 0 Å². The van der Waals surface area contributed by atoms with E-state index < -0.39 is 0 Å². The zero-order valence-electron chi connectivity index (χ0n) is 9.63. The lowest BCUT2D eigenvalue weighted by molar-refractivity contribution is 0.120. The minimum atomic E-state index is 0.407. The first-order valence-corrected chi connectivity index (χ1v) is 7.04. The SMILES string of the molecule is CCCCOC(C)SC1CCCCC1. The number of ether oxygens (including phenoxy) is 1. The third-order valence-electron chi connectivity index (χ3n) is 2.79. The Balaban J connectivity index is 2.03. The van der Waals surface area contributed by atoms with Crippen molar-refractivity contribution in [3.05, 3.63) is 0 Å². The molecule has 14 heavy (non-hydrogen) atoms. The van der Waals surface area contributed by atoms with E-state index >= 15 is 0 Å². The van der Waals surface area contributed by atoms with Gasteiger partial charge in [0.25, 0.3) is 0 Å². The van der Waals surface area contributed by atoms with E-state index in [4.69, 9.17) is 4.74 Å². The van der Waals surface area contributed by atoms with Crippen molar-refractivity contribution in [1.29, 1.82) is 0 Å². The maximum atomic E-state index is 5.75. The summed E-state index contributed by atoms with van der Waals surface area (Å²) in [5, 5.41) is 0.875. The molecule has 0 aromatic rings. The van der Waals surface area contributed by atoms with Crippen LogP contribution in [0.3, 0.4) is 0 Å². The van der Waals surface area contributed by atoms with Crippen LogP contribution in [0.25, 0.3) is 0 Å². The lowest BCUT2D eigenvalue weighted by Crippen LogP contribution is -2.14. The topological polar surface area (TPSA) is 9.23 Å². The molecule has 1 saturated carbocycles. The van der Waals surface area contributed by atoms with Crippen molar-refractivity contribution in [2.75, 3.05) is 6.61 Å². The van der Waals surface area contributed by atoms with Gasteiger partial charge >= 0.3 is 0 Å². The Morgan fingerprint density at radius 3 is 2.64 bits per heavy atom. The van der Waals surface area contributed by atoms with E-state index in [1.54, 1.807) is 0 Å². The molecule has 1 aliphatic carbocycles. The molecule has 0 radical (unpaired) electrons. The van der Waals surface area contributed by atoms with Gasteiger partial charge in [-0.3, -0.25) is 0 Å². The maximum Gasteiger partial charge on any atom is 0.100 e. The lowest BCUT2D eigenvalue weighted by atomic mass is 10.0. The van der Waals surface area contributed by atoms with Crippen molar-refractivity contribution >= 4 is 11.8 Å². The van der Waals surface area contributed by atoms with Gasteiger partial charge in [-0.1, -0.05) is 32.6 Å². The molecule has 84 valence electrons. The molecule has 0 heterocycles. The molecule has 1 rings (SSSR count). The van der Waals surface area contributed by atoms with Crippen molar-refractivity contribution in [1.82, 2.24) is 0 Å². The summed E-state index contributed by atoms with van der Waals surface area (Å²) in [4.78, 5) is 0. The molecule has 1 atom stereocenters. The molecule has 0 N–H and O–H groups in total. The Morgan fingerprint density at radius 2 is 2.00 bits per heavy atom. The highest BCUT2D eigenvalue weighted by atomic mass is 32.2. The van der Waals surface area contributed by atoms with E-state index in [1.807, 2.05) is 11.8 Å². The molecule has 1 fully saturated rings. The van der Waals surface area contributed by atoms with Crippen LogP contribution >= 0.6 is 11.8 Å². The van der Waals surface area contributed by atoms with Gasteiger partial charge in [0.2, 0.25) is 0 Å². The number of rotatable bonds is 6. The molecular weight excluding hydrogens is 192 g/mol. The van der Waals surface area contributed by atoms with E-state index in [1.165, 1.54) is 44.9 Å². The molecule has 0 bridgehead atoms. The smallest absolute Gasteiger partial charge is 0.100 e. The Labute approximate surface area is 93.0 Å². The second-order valence-corrected chi connectivity index (χ2v) is 5.79. The van der Waals surface area contributed by atoms with Crippen LogP contribution in [0.1, 0.15) is 58.8 Å². The van der Waals surface area contributed by atoms with Gasteiger partial charge in [0, 0.05) is 11.9 Å².